The number of aromatic amines is 1. The minimum Gasteiger partial charge on any atom is -0.383 e. The van der Waals surface area contributed by atoms with Crippen LogP contribution in [0.15, 0.2) is 10.9 Å². The maximum atomic E-state index is 11.2. The molecule has 2 fully saturated rings. The van der Waals surface area contributed by atoms with E-state index < -0.39 is 0 Å². The van der Waals surface area contributed by atoms with Crippen molar-refractivity contribution in [1.82, 2.24) is 15.3 Å². The Bertz CT molecular complexity index is 442. The first-order chi connectivity index (χ1) is 7.24. The molecule has 0 saturated carbocycles. The van der Waals surface area contributed by atoms with Crippen molar-refractivity contribution in [2.45, 2.75) is 6.04 Å². The minimum atomic E-state index is -0.188. The molecular weight excluding hydrogens is 194 g/mol. The van der Waals surface area contributed by atoms with Crippen molar-refractivity contribution in [1.29, 1.82) is 0 Å². The van der Waals surface area contributed by atoms with Gasteiger partial charge in [0.05, 0.1) is 0 Å². The van der Waals surface area contributed by atoms with Crippen LogP contribution < -0.4 is 21.5 Å². The van der Waals surface area contributed by atoms with Gasteiger partial charge >= 0.3 is 0 Å². The van der Waals surface area contributed by atoms with Crippen molar-refractivity contribution in [3.8, 4) is 0 Å². The van der Waals surface area contributed by atoms with Gasteiger partial charge in [0.25, 0.3) is 5.56 Å². The lowest BCUT2D eigenvalue weighted by atomic mass is 9.93. The fraction of sp³-hybridized carbons (Fsp3) is 0.556. The fourth-order valence-corrected chi connectivity index (χ4v) is 2.36. The highest BCUT2D eigenvalue weighted by Gasteiger charge is 2.43. The van der Waals surface area contributed by atoms with E-state index >= 15 is 0 Å². The highest BCUT2D eigenvalue weighted by molar-refractivity contribution is 5.43. The summed E-state index contributed by atoms with van der Waals surface area (Å²) in [6.07, 6.45) is 0. The molecule has 6 heteroatoms. The number of fused-ring (bicyclic) bond motifs is 1. The predicted molar refractivity (Wildman–Crippen MR) is 56.8 cm³/mol. The smallest absolute Gasteiger partial charge is 0.254 e. The van der Waals surface area contributed by atoms with E-state index in [4.69, 9.17) is 5.73 Å². The van der Waals surface area contributed by atoms with E-state index in [2.05, 4.69) is 20.2 Å². The number of rotatable bonds is 1. The molecule has 0 spiro atoms. The van der Waals surface area contributed by atoms with E-state index in [-0.39, 0.29) is 11.4 Å². The molecule has 15 heavy (non-hydrogen) atoms. The predicted octanol–water partition coefficient (Wildman–Crippen LogP) is -1.24. The quantitative estimate of drug-likeness (QED) is 0.536. The SMILES string of the molecule is Nc1cc(=O)[nH]c(N2CC3CNCC32)n1. The lowest BCUT2D eigenvalue weighted by Gasteiger charge is -2.43. The summed E-state index contributed by atoms with van der Waals surface area (Å²) in [6, 6.07) is 1.77. The molecular formula is C9H13N5O. The second-order valence-corrected chi connectivity index (χ2v) is 4.13. The average Bonchev–Trinajstić information content (AvgIpc) is 2.46. The number of nitrogens with one attached hydrogen (secondary N) is 2. The van der Waals surface area contributed by atoms with Gasteiger partial charge < -0.3 is 16.0 Å². The van der Waals surface area contributed by atoms with E-state index in [1.54, 1.807) is 0 Å². The van der Waals surface area contributed by atoms with Crippen molar-refractivity contribution < 1.29 is 0 Å². The number of H-pyrrole nitrogens is 1. The molecule has 2 aliphatic rings. The van der Waals surface area contributed by atoms with E-state index in [0.717, 1.165) is 19.6 Å². The molecule has 0 radical (unpaired) electrons. The zero-order valence-corrected chi connectivity index (χ0v) is 8.23. The molecule has 2 saturated heterocycles. The van der Waals surface area contributed by atoms with Gasteiger partial charge in [0.2, 0.25) is 5.95 Å². The molecule has 2 unspecified atom stereocenters. The third-order valence-electron chi connectivity index (χ3n) is 3.16. The van der Waals surface area contributed by atoms with E-state index in [1.807, 2.05) is 0 Å². The molecule has 6 nitrogen and oxygen atoms in total. The number of hydrogen-bond acceptors (Lipinski definition) is 5. The number of nitrogens with two attached hydrogens (primary N) is 1. The van der Waals surface area contributed by atoms with Gasteiger partial charge in [-0.05, 0) is 0 Å². The molecule has 1 aromatic rings. The van der Waals surface area contributed by atoms with Crippen LogP contribution in [0.25, 0.3) is 0 Å². The van der Waals surface area contributed by atoms with Gasteiger partial charge in [0, 0.05) is 37.7 Å². The summed E-state index contributed by atoms with van der Waals surface area (Å²) in [7, 11) is 0. The zero-order valence-electron chi connectivity index (χ0n) is 8.23. The molecule has 3 rings (SSSR count). The minimum absolute atomic E-state index is 0.188. The molecule has 4 N–H and O–H groups in total. The van der Waals surface area contributed by atoms with Crippen LogP contribution in [0.4, 0.5) is 11.8 Å². The van der Waals surface area contributed by atoms with Crippen molar-refractivity contribution in [2.24, 2.45) is 5.92 Å². The topological polar surface area (TPSA) is 87.0 Å². The zero-order chi connectivity index (χ0) is 10.4. The summed E-state index contributed by atoms with van der Waals surface area (Å²) in [6.45, 7) is 2.97. The van der Waals surface area contributed by atoms with Gasteiger partial charge in [-0.1, -0.05) is 0 Å². The number of nitrogens with zero attached hydrogens (tertiary/aromatic N) is 2. The highest BCUT2D eigenvalue weighted by Crippen LogP contribution is 2.30. The molecule has 2 aliphatic heterocycles. The van der Waals surface area contributed by atoms with Crippen molar-refractivity contribution in [2.75, 3.05) is 30.3 Å². The van der Waals surface area contributed by atoms with Crippen molar-refractivity contribution >= 4 is 11.8 Å². The van der Waals surface area contributed by atoms with Crippen molar-refractivity contribution in [3.05, 3.63) is 16.4 Å². The molecule has 3 heterocycles. The number of hydrogen-bond donors (Lipinski definition) is 3. The maximum Gasteiger partial charge on any atom is 0.254 e. The van der Waals surface area contributed by atoms with Crippen LogP contribution in [0, 0.1) is 5.92 Å². The van der Waals surface area contributed by atoms with Crippen molar-refractivity contribution in [3.63, 3.8) is 0 Å². The summed E-state index contributed by atoms with van der Waals surface area (Å²) < 4.78 is 0. The second kappa shape index (κ2) is 2.96. The second-order valence-electron chi connectivity index (χ2n) is 4.13. The van der Waals surface area contributed by atoms with Gasteiger partial charge in [-0.2, -0.15) is 4.98 Å². The van der Waals surface area contributed by atoms with E-state index in [9.17, 15) is 4.79 Å². The largest absolute Gasteiger partial charge is 0.383 e. The van der Waals surface area contributed by atoms with Gasteiger partial charge in [0.15, 0.2) is 0 Å². The Morgan fingerprint density at radius 1 is 1.53 bits per heavy atom. The van der Waals surface area contributed by atoms with E-state index in [0.29, 0.717) is 17.9 Å². The Hall–Kier alpha value is -1.56. The summed E-state index contributed by atoms with van der Waals surface area (Å²) in [4.78, 5) is 20.2. The lowest BCUT2D eigenvalue weighted by Crippen LogP contribution is -2.56. The molecule has 80 valence electrons. The molecule has 2 atom stereocenters. The van der Waals surface area contributed by atoms with Crippen LogP contribution >= 0.6 is 0 Å². The number of anilines is 2. The van der Waals surface area contributed by atoms with Gasteiger partial charge in [-0.3, -0.25) is 9.78 Å². The third-order valence-corrected chi connectivity index (χ3v) is 3.16. The highest BCUT2D eigenvalue weighted by atomic mass is 16.1. The summed E-state index contributed by atoms with van der Waals surface area (Å²) in [5, 5.41) is 3.32. The molecule has 0 amide bonds. The molecule has 0 aliphatic carbocycles. The monoisotopic (exact) mass is 207 g/mol. The Balaban J connectivity index is 1.90. The van der Waals surface area contributed by atoms with Crippen LogP contribution in [0.1, 0.15) is 0 Å². The van der Waals surface area contributed by atoms with Gasteiger partial charge in [0.1, 0.15) is 5.82 Å². The first-order valence-corrected chi connectivity index (χ1v) is 5.08. The number of nitrogen functional groups attached to an aromatic ring is 1. The van der Waals surface area contributed by atoms with Gasteiger partial charge in [-0.25, -0.2) is 0 Å². The summed E-state index contributed by atoms with van der Waals surface area (Å²) >= 11 is 0. The Labute approximate surface area is 86.5 Å². The first-order valence-electron chi connectivity index (χ1n) is 5.08. The lowest BCUT2D eigenvalue weighted by molar-refractivity contribution is 0.359. The first kappa shape index (κ1) is 8.72. The maximum absolute atomic E-state index is 11.2. The number of aromatic nitrogens is 2. The van der Waals surface area contributed by atoms with Gasteiger partial charge in [-0.15, -0.1) is 0 Å². The fourth-order valence-electron chi connectivity index (χ4n) is 2.36. The Morgan fingerprint density at radius 2 is 2.40 bits per heavy atom. The Morgan fingerprint density at radius 3 is 3.13 bits per heavy atom. The van der Waals surface area contributed by atoms with E-state index in [1.165, 1.54) is 6.07 Å². The molecule has 0 aromatic carbocycles. The van der Waals surface area contributed by atoms with Crippen LogP contribution in [-0.4, -0.2) is 35.6 Å². The van der Waals surface area contributed by atoms with Crippen LogP contribution in [-0.2, 0) is 0 Å². The summed E-state index contributed by atoms with van der Waals surface area (Å²) in [5.41, 5.74) is 5.35. The third kappa shape index (κ3) is 1.29. The normalized spacial score (nSPS) is 28.7. The molecule has 1 aromatic heterocycles. The average molecular weight is 207 g/mol. The van der Waals surface area contributed by atoms with Crippen LogP contribution in [0.3, 0.4) is 0 Å². The molecule has 0 bridgehead atoms. The summed E-state index contributed by atoms with van der Waals surface area (Å²) in [5.74, 6) is 1.57. The van der Waals surface area contributed by atoms with Crippen LogP contribution in [0.2, 0.25) is 0 Å². The van der Waals surface area contributed by atoms with Crippen LogP contribution in [0.5, 0.6) is 0 Å². The Kier molecular flexibility index (Phi) is 1.72. The standard InChI is InChI=1S/C9H13N5O/c10-7-1-8(15)13-9(12-7)14-4-5-2-11-3-6(5)14/h1,5-6,11H,2-4H2,(H3,10,12,13,15).